The summed E-state index contributed by atoms with van der Waals surface area (Å²) in [6.07, 6.45) is 0. The van der Waals surface area contributed by atoms with Crippen molar-refractivity contribution < 1.29 is 0 Å². The Labute approximate surface area is 99.9 Å². The molecule has 80 valence electrons. The predicted octanol–water partition coefficient (Wildman–Crippen LogP) is 4.18. The molecule has 0 spiro atoms. The number of thioether (sulfide) groups is 1. The first-order valence-electron chi connectivity index (χ1n) is 5.13. The average molecular weight is 240 g/mol. The molecular formula is C12H14ClNS. The van der Waals surface area contributed by atoms with Gasteiger partial charge in [-0.3, -0.25) is 4.99 Å². The lowest BCUT2D eigenvalue weighted by Crippen LogP contribution is -1.98. The fourth-order valence-electron chi connectivity index (χ4n) is 1.59. The number of nitrogens with zero attached hydrogens (tertiary/aromatic N) is 1. The molecule has 0 aromatic heterocycles. The van der Waals surface area contributed by atoms with Crippen LogP contribution in [0.4, 0.5) is 0 Å². The molecule has 1 unspecified atom stereocenters. The van der Waals surface area contributed by atoms with Crippen molar-refractivity contribution >= 4 is 28.4 Å². The van der Waals surface area contributed by atoms with Crippen LogP contribution in [-0.2, 0) is 0 Å². The SMILES string of the molecule is CC(C)C1=NC(c2cccc(Cl)c2)CS1. The normalized spacial score (nSPS) is 20.8. The van der Waals surface area contributed by atoms with Crippen molar-refractivity contribution in [2.24, 2.45) is 10.9 Å². The topological polar surface area (TPSA) is 12.4 Å². The van der Waals surface area contributed by atoms with Gasteiger partial charge in [-0.2, -0.15) is 0 Å². The molecule has 0 amide bonds. The molecule has 1 heterocycles. The Bertz CT molecular complexity index is 387. The third-order valence-electron chi connectivity index (χ3n) is 2.40. The van der Waals surface area contributed by atoms with E-state index >= 15 is 0 Å². The van der Waals surface area contributed by atoms with Gasteiger partial charge in [-0.15, -0.1) is 11.8 Å². The van der Waals surface area contributed by atoms with E-state index in [1.54, 1.807) is 0 Å². The summed E-state index contributed by atoms with van der Waals surface area (Å²) in [6, 6.07) is 8.31. The van der Waals surface area contributed by atoms with E-state index in [9.17, 15) is 0 Å². The molecular weight excluding hydrogens is 226 g/mol. The first-order valence-corrected chi connectivity index (χ1v) is 6.49. The smallest absolute Gasteiger partial charge is 0.0853 e. The van der Waals surface area contributed by atoms with E-state index in [2.05, 4.69) is 19.9 Å². The van der Waals surface area contributed by atoms with Crippen molar-refractivity contribution in [1.82, 2.24) is 0 Å². The number of benzene rings is 1. The summed E-state index contributed by atoms with van der Waals surface area (Å²) in [6.45, 7) is 4.37. The summed E-state index contributed by atoms with van der Waals surface area (Å²) < 4.78 is 0. The second-order valence-corrected chi connectivity index (χ2v) is 5.48. The molecule has 1 aliphatic heterocycles. The fourth-order valence-corrected chi connectivity index (χ4v) is 2.92. The van der Waals surface area contributed by atoms with Crippen LogP contribution in [0.25, 0.3) is 0 Å². The molecule has 1 aromatic carbocycles. The molecule has 15 heavy (non-hydrogen) atoms. The summed E-state index contributed by atoms with van der Waals surface area (Å²) in [7, 11) is 0. The van der Waals surface area contributed by atoms with Crippen LogP contribution >= 0.6 is 23.4 Å². The van der Waals surface area contributed by atoms with E-state index in [1.807, 2.05) is 30.0 Å². The van der Waals surface area contributed by atoms with Crippen LogP contribution in [-0.4, -0.2) is 10.8 Å². The van der Waals surface area contributed by atoms with Gasteiger partial charge in [0.1, 0.15) is 0 Å². The Hall–Kier alpha value is -0.470. The van der Waals surface area contributed by atoms with Crippen LogP contribution in [0, 0.1) is 5.92 Å². The highest BCUT2D eigenvalue weighted by atomic mass is 35.5. The van der Waals surface area contributed by atoms with Crippen LogP contribution in [0.2, 0.25) is 5.02 Å². The first kappa shape index (κ1) is 11.0. The van der Waals surface area contributed by atoms with Gasteiger partial charge in [-0.1, -0.05) is 37.6 Å². The average Bonchev–Trinajstić information content (AvgIpc) is 2.66. The number of hydrogen-bond donors (Lipinski definition) is 0. The Morgan fingerprint density at radius 1 is 1.47 bits per heavy atom. The minimum absolute atomic E-state index is 0.297. The summed E-state index contributed by atoms with van der Waals surface area (Å²) in [4.78, 5) is 4.72. The van der Waals surface area contributed by atoms with Gasteiger partial charge in [-0.05, 0) is 17.7 Å². The molecule has 0 radical (unpaired) electrons. The highest BCUT2D eigenvalue weighted by Crippen LogP contribution is 2.33. The molecule has 3 heteroatoms. The summed E-state index contributed by atoms with van der Waals surface area (Å²) >= 11 is 7.83. The van der Waals surface area contributed by atoms with Gasteiger partial charge < -0.3 is 0 Å². The van der Waals surface area contributed by atoms with Crippen LogP contribution in [0.15, 0.2) is 29.3 Å². The molecule has 1 aromatic rings. The maximum Gasteiger partial charge on any atom is 0.0853 e. The zero-order valence-corrected chi connectivity index (χ0v) is 10.5. The van der Waals surface area contributed by atoms with E-state index in [4.69, 9.17) is 16.6 Å². The monoisotopic (exact) mass is 239 g/mol. The minimum Gasteiger partial charge on any atom is -0.274 e. The Morgan fingerprint density at radius 3 is 2.87 bits per heavy atom. The maximum absolute atomic E-state index is 5.97. The molecule has 0 saturated carbocycles. The first-order chi connectivity index (χ1) is 7.16. The third-order valence-corrected chi connectivity index (χ3v) is 3.99. The standard InChI is InChI=1S/C12H14ClNS/c1-8(2)12-14-11(7-15-12)9-4-3-5-10(13)6-9/h3-6,8,11H,7H2,1-2H3. The van der Waals surface area contributed by atoms with E-state index in [0.717, 1.165) is 10.8 Å². The third kappa shape index (κ3) is 2.56. The van der Waals surface area contributed by atoms with Gasteiger partial charge in [0.05, 0.1) is 11.1 Å². The van der Waals surface area contributed by atoms with Gasteiger partial charge in [0.15, 0.2) is 0 Å². The Kier molecular flexibility index (Phi) is 3.37. The van der Waals surface area contributed by atoms with Crippen molar-refractivity contribution in [3.8, 4) is 0 Å². The number of aliphatic imine (C=N–C) groups is 1. The number of halogens is 1. The van der Waals surface area contributed by atoms with Crippen LogP contribution in [0.3, 0.4) is 0 Å². The van der Waals surface area contributed by atoms with E-state index < -0.39 is 0 Å². The molecule has 2 rings (SSSR count). The van der Waals surface area contributed by atoms with Gasteiger partial charge in [0.25, 0.3) is 0 Å². The Balaban J connectivity index is 2.20. The molecule has 1 atom stereocenters. The predicted molar refractivity (Wildman–Crippen MR) is 68.9 cm³/mol. The quantitative estimate of drug-likeness (QED) is 0.754. The van der Waals surface area contributed by atoms with Crippen molar-refractivity contribution in [3.63, 3.8) is 0 Å². The minimum atomic E-state index is 0.297. The molecule has 0 saturated heterocycles. The summed E-state index contributed by atoms with van der Waals surface area (Å²) in [5.74, 6) is 1.59. The molecule has 0 aliphatic carbocycles. The lowest BCUT2D eigenvalue weighted by atomic mass is 10.1. The molecule has 0 N–H and O–H groups in total. The fraction of sp³-hybridized carbons (Fsp3) is 0.417. The highest BCUT2D eigenvalue weighted by molar-refractivity contribution is 8.14. The van der Waals surface area contributed by atoms with Gasteiger partial charge in [-0.25, -0.2) is 0 Å². The van der Waals surface area contributed by atoms with Crippen molar-refractivity contribution in [3.05, 3.63) is 34.9 Å². The zero-order chi connectivity index (χ0) is 10.8. The van der Waals surface area contributed by atoms with Crippen molar-refractivity contribution in [2.45, 2.75) is 19.9 Å². The molecule has 1 aliphatic rings. The second kappa shape index (κ2) is 4.58. The van der Waals surface area contributed by atoms with E-state index in [1.165, 1.54) is 10.6 Å². The summed E-state index contributed by atoms with van der Waals surface area (Å²) in [5.41, 5.74) is 1.23. The largest absolute Gasteiger partial charge is 0.274 e. The van der Waals surface area contributed by atoms with Crippen LogP contribution in [0.5, 0.6) is 0 Å². The zero-order valence-electron chi connectivity index (χ0n) is 8.90. The summed E-state index contributed by atoms with van der Waals surface area (Å²) in [5, 5.41) is 2.06. The molecule has 0 bridgehead atoms. The highest BCUT2D eigenvalue weighted by Gasteiger charge is 2.21. The van der Waals surface area contributed by atoms with Crippen LogP contribution in [0.1, 0.15) is 25.5 Å². The van der Waals surface area contributed by atoms with E-state index in [0.29, 0.717) is 12.0 Å². The maximum atomic E-state index is 5.97. The number of hydrogen-bond acceptors (Lipinski definition) is 2. The lowest BCUT2D eigenvalue weighted by molar-refractivity contribution is 0.823. The second-order valence-electron chi connectivity index (χ2n) is 4.00. The van der Waals surface area contributed by atoms with Gasteiger partial charge >= 0.3 is 0 Å². The van der Waals surface area contributed by atoms with Crippen molar-refractivity contribution in [2.75, 3.05) is 5.75 Å². The van der Waals surface area contributed by atoms with Gasteiger partial charge in [0.2, 0.25) is 0 Å². The molecule has 1 nitrogen and oxygen atoms in total. The number of rotatable bonds is 2. The van der Waals surface area contributed by atoms with E-state index in [-0.39, 0.29) is 0 Å². The Morgan fingerprint density at radius 2 is 2.27 bits per heavy atom. The van der Waals surface area contributed by atoms with Crippen molar-refractivity contribution in [1.29, 1.82) is 0 Å². The molecule has 0 fully saturated rings. The lowest BCUT2D eigenvalue weighted by Gasteiger charge is -2.05. The van der Waals surface area contributed by atoms with Crippen LogP contribution < -0.4 is 0 Å². The van der Waals surface area contributed by atoms with Gasteiger partial charge in [0, 0.05) is 16.7 Å².